The molecule has 154 valence electrons. The Morgan fingerprint density at radius 2 is 1.89 bits per heavy atom. The van der Waals surface area contributed by atoms with E-state index in [1.54, 1.807) is 6.20 Å². The van der Waals surface area contributed by atoms with Crippen molar-refractivity contribution in [2.75, 3.05) is 26.0 Å². The first-order valence-electron chi connectivity index (χ1n) is 9.96. The second-order valence-electron chi connectivity index (χ2n) is 8.04. The summed E-state index contributed by atoms with van der Waals surface area (Å²) in [4.78, 5) is 6.65. The fourth-order valence-corrected chi connectivity index (χ4v) is 5.48. The Hall–Kier alpha value is -1.70. The molecule has 0 bridgehead atoms. The van der Waals surface area contributed by atoms with Gasteiger partial charge in [-0.25, -0.2) is 13.4 Å². The summed E-state index contributed by atoms with van der Waals surface area (Å²) in [7, 11) is -1.34. The lowest BCUT2D eigenvalue weighted by atomic mass is 10.1. The highest BCUT2D eigenvalue weighted by atomic mass is 32.2. The van der Waals surface area contributed by atoms with Gasteiger partial charge in [-0.2, -0.15) is 0 Å². The summed E-state index contributed by atoms with van der Waals surface area (Å²) in [5.41, 5.74) is 2.00. The van der Waals surface area contributed by atoms with Crippen LogP contribution in [0.2, 0.25) is 0 Å². The zero-order valence-corrected chi connectivity index (χ0v) is 17.9. The second kappa shape index (κ2) is 9.20. The van der Waals surface area contributed by atoms with Crippen LogP contribution >= 0.6 is 0 Å². The van der Waals surface area contributed by atoms with Crippen LogP contribution in [-0.2, 0) is 27.7 Å². The fourth-order valence-electron chi connectivity index (χ4n) is 3.73. The van der Waals surface area contributed by atoms with E-state index in [2.05, 4.69) is 16.9 Å². The van der Waals surface area contributed by atoms with Crippen molar-refractivity contribution in [2.45, 2.75) is 51.0 Å². The molecule has 1 aromatic carbocycles. The first kappa shape index (κ1) is 21.0. The highest BCUT2D eigenvalue weighted by Gasteiger charge is 2.26. The highest BCUT2D eigenvalue weighted by Crippen LogP contribution is 2.21. The number of hydrogen-bond acceptors (Lipinski definition) is 5. The molecule has 3 rings (SSSR count). The van der Waals surface area contributed by atoms with Crippen molar-refractivity contribution in [3.8, 4) is 0 Å². The predicted octanol–water partition coefficient (Wildman–Crippen LogP) is 2.97. The van der Waals surface area contributed by atoms with Crippen molar-refractivity contribution in [1.82, 2.24) is 14.5 Å². The van der Waals surface area contributed by atoms with Crippen LogP contribution in [0.4, 0.5) is 0 Å². The maximum Gasteiger partial charge on any atom is 0.228 e. The minimum Gasteiger partial charge on any atom is -0.381 e. The van der Waals surface area contributed by atoms with E-state index in [0.717, 1.165) is 37.3 Å². The molecule has 0 spiro atoms. The average molecular weight is 406 g/mol. The smallest absolute Gasteiger partial charge is 0.228 e. The molecule has 2 aromatic rings. The molecule has 7 heteroatoms. The highest BCUT2D eigenvalue weighted by molar-refractivity contribution is 7.91. The van der Waals surface area contributed by atoms with E-state index in [-0.39, 0.29) is 16.8 Å². The van der Waals surface area contributed by atoms with Crippen molar-refractivity contribution >= 4 is 9.84 Å². The average Bonchev–Trinajstić information content (AvgIpc) is 3.05. The van der Waals surface area contributed by atoms with Gasteiger partial charge in [0, 0.05) is 25.8 Å². The predicted molar refractivity (Wildman–Crippen MR) is 110 cm³/mol. The number of rotatable bonds is 8. The number of benzene rings is 1. The van der Waals surface area contributed by atoms with Crippen LogP contribution in [0.3, 0.4) is 0 Å². The second-order valence-corrected chi connectivity index (χ2v) is 9.97. The molecule has 0 N–H and O–H groups in total. The molecule has 1 saturated heterocycles. The van der Waals surface area contributed by atoms with Gasteiger partial charge in [-0.15, -0.1) is 0 Å². The van der Waals surface area contributed by atoms with Crippen molar-refractivity contribution in [3.05, 3.63) is 47.8 Å². The first-order chi connectivity index (χ1) is 13.4. The molecule has 1 aromatic heterocycles. The fraction of sp³-hybridized carbons (Fsp3) is 0.571. The van der Waals surface area contributed by atoms with Crippen molar-refractivity contribution in [1.29, 1.82) is 0 Å². The van der Waals surface area contributed by atoms with E-state index in [4.69, 9.17) is 4.74 Å². The minimum absolute atomic E-state index is 0.0558. The lowest BCUT2D eigenvalue weighted by Crippen LogP contribution is -2.36. The summed E-state index contributed by atoms with van der Waals surface area (Å²) in [5.74, 6) is 0.161. The maximum atomic E-state index is 12.9. The Labute approximate surface area is 168 Å². The van der Waals surface area contributed by atoms with Gasteiger partial charge in [0.1, 0.15) is 0 Å². The standard InChI is InChI=1S/C21H31N3O3S/c1-17(2)16-28(25,26)21-22-13-20(15-23(3)19-9-11-27-12-10-19)24(21)14-18-7-5-4-6-8-18/h4-8,13,17,19H,9-12,14-16H2,1-3H3. The third-order valence-electron chi connectivity index (χ3n) is 5.14. The minimum atomic E-state index is -3.44. The topological polar surface area (TPSA) is 64.4 Å². The molecule has 1 aliphatic heterocycles. The van der Waals surface area contributed by atoms with Gasteiger partial charge in [-0.1, -0.05) is 44.2 Å². The van der Waals surface area contributed by atoms with Crippen LogP contribution in [0.15, 0.2) is 41.7 Å². The third kappa shape index (κ3) is 5.21. The van der Waals surface area contributed by atoms with E-state index in [9.17, 15) is 8.42 Å². The normalized spacial score (nSPS) is 16.2. The van der Waals surface area contributed by atoms with Crippen LogP contribution in [0.25, 0.3) is 0 Å². The van der Waals surface area contributed by atoms with Gasteiger partial charge >= 0.3 is 0 Å². The lowest BCUT2D eigenvalue weighted by Gasteiger charge is -2.31. The van der Waals surface area contributed by atoms with E-state index in [1.807, 2.05) is 48.7 Å². The van der Waals surface area contributed by atoms with Crippen molar-refractivity contribution in [3.63, 3.8) is 0 Å². The summed E-state index contributed by atoms with van der Waals surface area (Å²) in [6.45, 7) is 6.58. The van der Waals surface area contributed by atoms with Gasteiger partial charge in [0.25, 0.3) is 0 Å². The molecule has 0 radical (unpaired) electrons. The number of aromatic nitrogens is 2. The lowest BCUT2D eigenvalue weighted by molar-refractivity contribution is 0.0400. The SMILES string of the molecule is CC(C)CS(=O)(=O)c1ncc(CN(C)C2CCOCC2)n1Cc1ccccc1. The Morgan fingerprint density at radius 1 is 1.21 bits per heavy atom. The Kier molecular flexibility index (Phi) is 6.91. The summed E-state index contributed by atoms with van der Waals surface area (Å²) >= 11 is 0. The number of nitrogens with zero attached hydrogens (tertiary/aromatic N) is 3. The zero-order valence-electron chi connectivity index (χ0n) is 17.0. The molecular weight excluding hydrogens is 374 g/mol. The quantitative estimate of drug-likeness (QED) is 0.676. The number of hydrogen-bond donors (Lipinski definition) is 0. The van der Waals surface area contributed by atoms with Gasteiger partial charge in [0.15, 0.2) is 0 Å². The van der Waals surface area contributed by atoms with E-state index >= 15 is 0 Å². The van der Waals surface area contributed by atoms with Gasteiger partial charge < -0.3 is 9.30 Å². The molecule has 0 atom stereocenters. The Bertz CT molecular complexity index is 856. The molecule has 2 heterocycles. The van der Waals surface area contributed by atoms with Crippen LogP contribution in [0, 0.1) is 5.92 Å². The first-order valence-corrected chi connectivity index (χ1v) is 11.6. The largest absolute Gasteiger partial charge is 0.381 e. The molecule has 1 fully saturated rings. The van der Waals surface area contributed by atoms with Crippen LogP contribution in [0.1, 0.15) is 37.9 Å². The van der Waals surface area contributed by atoms with Gasteiger partial charge in [-0.3, -0.25) is 4.90 Å². The molecule has 0 unspecified atom stereocenters. The molecule has 0 amide bonds. The van der Waals surface area contributed by atoms with Crippen LogP contribution < -0.4 is 0 Å². The number of ether oxygens (including phenoxy) is 1. The molecule has 1 aliphatic rings. The molecule has 0 aliphatic carbocycles. The molecule has 28 heavy (non-hydrogen) atoms. The monoisotopic (exact) mass is 405 g/mol. The third-order valence-corrected chi connectivity index (χ3v) is 7.13. The van der Waals surface area contributed by atoms with Gasteiger partial charge in [-0.05, 0) is 31.4 Å². The van der Waals surface area contributed by atoms with Gasteiger partial charge in [0.05, 0.1) is 24.2 Å². The number of sulfone groups is 1. The van der Waals surface area contributed by atoms with Crippen molar-refractivity contribution in [2.24, 2.45) is 5.92 Å². The zero-order chi connectivity index (χ0) is 20.1. The summed E-state index contributed by atoms with van der Waals surface area (Å²) in [6.07, 6.45) is 3.73. The number of imidazole rings is 1. The maximum absolute atomic E-state index is 12.9. The summed E-state index contributed by atoms with van der Waals surface area (Å²) in [5, 5.41) is 0.181. The molecule has 6 nitrogen and oxygen atoms in total. The Balaban J connectivity index is 1.90. The molecule has 0 saturated carbocycles. The Morgan fingerprint density at radius 3 is 2.54 bits per heavy atom. The van der Waals surface area contributed by atoms with E-state index in [0.29, 0.717) is 19.1 Å². The summed E-state index contributed by atoms with van der Waals surface area (Å²) < 4.78 is 33.2. The van der Waals surface area contributed by atoms with E-state index in [1.165, 1.54) is 0 Å². The van der Waals surface area contributed by atoms with Gasteiger partial charge in [0.2, 0.25) is 15.0 Å². The van der Waals surface area contributed by atoms with Crippen LogP contribution in [-0.4, -0.2) is 54.9 Å². The van der Waals surface area contributed by atoms with Crippen LogP contribution in [0.5, 0.6) is 0 Å². The molecular formula is C21H31N3O3S. The van der Waals surface area contributed by atoms with Crippen molar-refractivity contribution < 1.29 is 13.2 Å². The summed E-state index contributed by atoms with van der Waals surface area (Å²) in [6, 6.07) is 10.4. The van der Waals surface area contributed by atoms with E-state index < -0.39 is 9.84 Å².